The fourth-order valence-electron chi connectivity index (χ4n) is 0.946. The molecule has 0 heterocycles. The van der Waals surface area contributed by atoms with Gasteiger partial charge in [-0.2, -0.15) is 5.26 Å². The fraction of sp³-hybridized carbons (Fsp3) is 0.300. The van der Waals surface area contributed by atoms with E-state index in [1.54, 1.807) is 6.07 Å². The Morgan fingerprint density at radius 1 is 1.43 bits per heavy atom. The number of halogens is 1. The second-order valence-corrected chi connectivity index (χ2v) is 2.68. The molecule has 0 aliphatic carbocycles. The van der Waals surface area contributed by atoms with Crippen LogP contribution in [0.1, 0.15) is 12.8 Å². The van der Waals surface area contributed by atoms with E-state index in [2.05, 4.69) is 6.07 Å². The average Bonchev–Trinajstić information content (AvgIpc) is 2.13. The molecule has 0 aliphatic heterocycles. The highest BCUT2D eigenvalue weighted by Crippen LogP contribution is 2.14. The summed E-state index contributed by atoms with van der Waals surface area (Å²) >= 11 is 0. The summed E-state index contributed by atoms with van der Waals surface area (Å²) in [5.41, 5.74) is 6.25. The first-order valence-corrected chi connectivity index (χ1v) is 4.18. The summed E-state index contributed by atoms with van der Waals surface area (Å²) in [5.74, 6) is 0.762. The van der Waals surface area contributed by atoms with Crippen LogP contribution in [-0.2, 0) is 0 Å². The Morgan fingerprint density at radius 3 is 2.86 bits per heavy atom. The van der Waals surface area contributed by atoms with E-state index in [1.165, 1.54) is 0 Å². The molecule has 0 spiro atoms. The van der Waals surface area contributed by atoms with Crippen molar-refractivity contribution in [1.82, 2.24) is 0 Å². The number of hydrogen-bond donors (Lipinski definition) is 1. The van der Waals surface area contributed by atoms with Crippen LogP contribution >= 0.6 is 12.4 Å². The number of ether oxygens (including phenoxy) is 1. The highest BCUT2D eigenvalue weighted by atomic mass is 35.5. The number of hydrogen-bond acceptors (Lipinski definition) is 3. The van der Waals surface area contributed by atoms with Gasteiger partial charge in [-0.25, -0.2) is 0 Å². The van der Waals surface area contributed by atoms with Crippen molar-refractivity contribution in [1.29, 1.82) is 5.26 Å². The molecule has 0 saturated carbocycles. The maximum absolute atomic E-state index is 8.28. The van der Waals surface area contributed by atoms with Crippen LogP contribution in [-0.4, -0.2) is 6.61 Å². The monoisotopic (exact) mass is 212 g/mol. The Hall–Kier alpha value is -1.40. The van der Waals surface area contributed by atoms with E-state index in [1.807, 2.05) is 18.2 Å². The number of nitrogen functional groups attached to an aromatic ring is 1. The molecule has 76 valence electrons. The molecule has 14 heavy (non-hydrogen) atoms. The maximum atomic E-state index is 8.28. The zero-order valence-electron chi connectivity index (χ0n) is 7.77. The van der Waals surface area contributed by atoms with E-state index in [-0.39, 0.29) is 12.4 Å². The Bertz CT molecular complexity index is 309. The number of nitriles is 1. The van der Waals surface area contributed by atoms with Gasteiger partial charge in [0, 0.05) is 18.2 Å². The molecule has 4 heteroatoms. The minimum Gasteiger partial charge on any atom is -0.493 e. The van der Waals surface area contributed by atoms with E-state index in [0.717, 1.165) is 12.2 Å². The van der Waals surface area contributed by atoms with Crippen LogP contribution in [0.2, 0.25) is 0 Å². The summed E-state index contributed by atoms with van der Waals surface area (Å²) in [4.78, 5) is 0. The van der Waals surface area contributed by atoms with E-state index in [9.17, 15) is 0 Å². The highest BCUT2D eigenvalue weighted by Gasteiger charge is 1.93. The van der Waals surface area contributed by atoms with E-state index in [4.69, 9.17) is 15.7 Å². The Balaban J connectivity index is 0.00000169. The molecule has 3 nitrogen and oxygen atoms in total. The number of unbranched alkanes of at least 4 members (excludes halogenated alkanes) is 1. The van der Waals surface area contributed by atoms with Crippen molar-refractivity contribution in [3.8, 4) is 11.8 Å². The number of nitrogens with zero attached hydrogens (tertiary/aromatic N) is 1. The predicted octanol–water partition coefficient (Wildman–Crippen LogP) is 2.37. The minimum atomic E-state index is 0. The Labute approximate surface area is 89.9 Å². The molecule has 0 saturated heterocycles. The van der Waals surface area contributed by atoms with Crippen molar-refractivity contribution in [2.75, 3.05) is 12.3 Å². The van der Waals surface area contributed by atoms with Crippen LogP contribution < -0.4 is 10.5 Å². The lowest BCUT2D eigenvalue weighted by Crippen LogP contribution is -1.97. The third-order valence-corrected chi connectivity index (χ3v) is 1.56. The van der Waals surface area contributed by atoms with Crippen molar-refractivity contribution in [3.05, 3.63) is 24.3 Å². The van der Waals surface area contributed by atoms with Crippen molar-refractivity contribution in [3.63, 3.8) is 0 Å². The van der Waals surface area contributed by atoms with Crippen LogP contribution in [0.4, 0.5) is 5.69 Å². The van der Waals surface area contributed by atoms with Gasteiger partial charge in [-0.1, -0.05) is 6.07 Å². The molecule has 1 aromatic carbocycles. The molecule has 1 rings (SSSR count). The fourth-order valence-corrected chi connectivity index (χ4v) is 0.946. The number of anilines is 1. The van der Waals surface area contributed by atoms with E-state index < -0.39 is 0 Å². The molecule has 0 amide bonds. The van der Waals surface area contributed by atoms with Gasteiger partial charge in [0.25, 0.3) is 0 Å². The van der Waals surface area contributed by atoms with Gasteiger partial charge in [0.05, 0.1) is 12.7 Å². The number of nitrogens with two attached hydrogens (primary N) is 1. The van der Waals surface area contributed by atoms with Gasteiger partial charge in [0.1, 0.15) is 5.75 Å². The molecule has 0 radical (unpaired) electrons. The molecule has 0 bridgehead atoms. The SMILES string of the molecule is Cl.N#CCCCOc1cccc(N)c1. The van der Waals surface area contributed by atoms with Crippen LogP contribution in [0, 0.1) is 11.3 Å². The van der Waals surface area contributed by atoms with Crippen LogP contribution in [0.15, 0.2) is 24.3 Å². The highest BCUT2D eigenvalue weighted by molar-refractivity contribution is 5.85. The summed E-state index contributed by atoms with van der Waals surface area (Å²) in [6.07, 6.45) is 1.29. The molecular formula is C10H13ClN2O. The van der Waals surface area contributed by atoms with Gasteiger partial charge in [0.15, 0.2) is 0 Å². The first-order chi connectivity index (χ1) is 6.33. The second-order valence-electron chi connectivity index (χ2n) is 2.68. The summed E-state index contributed by atoms with van der Waals surface area (Å²) in [7, 11) is 0. The third-order valence-electron chi connectivity index (χ3n) is 1.56. The molecule has 0 aromatic heterocycles. The summed E-state index contributed by atoms with van der Waals surface area (Å²) in [5, 5.41) is 8.28. The van der Waals surface area contributed by atoms with Crippen molar-refractivity contribution >= 4 is 18.1 Å². The largest absolute Gasteiger partial charge is 0.493 e. The van der Waals surface area contributed by atoms with Gasteiger partial charge >= 0.3 is 0 Å². The van der Waals surface area contributed by atoms with E-state index >= 15 is 0 Å². The lowest BCUT2D eigenvalue weighted by atomic mass is 10.3. The smallest absolute Gasteiger partial charge is 0.121 e. The lowest BCUT2D eigenvalue weighted by Gasteiger charge is -2.04. The normalized spacial score (nSPS) is 8.50. The Kier molecular flexibility index (Phi) is 6.34. The minimum absolute atomic E-state index is 0. The van der Waals surface area contributed by atoms with Crippen molar-refractivity contribution in [2.24, 2.45) is 0 Å². The zero-order chi connectivity index (χ0) is 9.52. The predicted molar refractivity (Wildman–Crippen MR) is 58.4 cm³/mol. The molecule has 0 fully saturated rings. The van der Waals surface area contributed by atoms with Gasteiger partial charge in [-0.3, -0.25) is 0 Å². The van der Waals surface area contributed by atoms with E-state index in [0.29, 0.717) is 18.7 Å². The van der Waals surface area contributed by atoms with Crippen LogP contribution in [0.25, 0.3) is 0 Å². The first-order valence-electron chi connectivity index (χ1n) is 4.18. The third kappa shape index (κ3) is 4.58. The topological polar surface area (TPSA) is 59.0 Å². The summed E-state index contributed by atoms with van der Waals surface area (Å²) in [6, 6.07) is 9.33. The molecule has 2 N–H and O–H groups in total. The van der Waals surface area contributed by atoms with Crippen molar-refractivity contribution < 1.29 is 4.74 Å². The van der Waals surface area contributed by atoms with Crippen molar-refractivity contribution in [2.45, 2.75) is 12.8 Å². The molecule has 0 aliphatic rings. The average molecular weight is 213 g/mol. The molecular weight excluding hydrogens is 200 g/mol. The number of benzene rings is 1. The zero-order valence-corrected chi connectivity index (χ0v) is 8.59. The molecule has 0 unspecified atom stereocenters. The van der Waals surface area contributed by atoms with Gasteiger partial charge < -0.3 is 10.5 Å². The quantitative estimate of drug-likeness (QED) is 0.616. The van der Waals surface area contributed by atoms with Gasteiger partial charge in [0.2, 0.25) is 0 Å². The lowest BCUT2D eigenvalue weighted by molar-refractivity contribution is 0.313. The molecule has 1 aromatic rings. The summed E-state index contributed by atoms with van der Waals surface area (Å²) in [6.45, 7) is 0.566. The second kappa shape index (κ2) is 7.05. The van der Waals surface area contributed by atoms with Crippen LogP contribution in [0.5, 0.6) is 5.75 Å². The number of rotatable bonds is 4. The van der Waals surface area contributed by atoms with Gasteiger partial charge in [-0.05, 0) is 18.6 Å². The van der Waals surface area contributed by atoms with Gasteiger partial charge in [-0.15, -0.1) is 12.4 Å². The Morgan fingerprint density at radius 2 is 2.21 bits per heavy atom. The van der Waals surface area contributed by atoms with Crippen LogP contribution in [0.3, 0.4) is 0 Å². The standard InChI is InChI=1S/C10H12N2O.ClH/c11-6-1-2-7-13-10-5-3-4-9(12)8-10;/h3-5,8H,1-2,7,12H2;1H. The molecule has 0 atom stereocenters. The first kappa shape index (κ1) is 12.6. The maximum Gasteiger partial charge on any atom is 0.121 e. The summed E-state index contributed by atoms with van der Waals surface area (Å²) < 4.78 is 5.36.